The van der Waals surface area contributed by atoms with Gasteiger partial charge in [-0.3, -0.25) is 4.79 Å². The highest BCUT2D eigenvalue weighted by Gasteiger charge is 2.30. The van der Waals surface area contributed by atoms with E-state index >= 15 is 0 Å². The number of amides is 1. The molecule has 0 aromatic heterocycles. The SMILES string of the molecule is CC1=NN(c2ccccc2)C(=O)C1=Nc1ccc(F)cc1. The molecule has 3 rings (SSSR count). The Kier molecular flexibility index (Phi) is 3.31. The molecular weight excluding hydrogens is 269 g/mol. The number of para-hydroxylation sites is 1. The lowest BCUT2D eigenvalue weighted by atomic mass is 10.2. The fourth-order valence-corrected chi connectivity index (χ4v) is 2.02. The maximum atomic E-state index is 12.9. The number of nitrogens with zero attached hydrogens (tertiary/aromatic N) is 3. The highest BCUT2D eigenvalue weighted by atomic mass is 19.1. The van der Waals surface area contributed by atoms with Gasteiger partial charge in [0, 0.05) is 0 Å². The van der Waals surface area contributed by atoms with Gasteiger partial charge in [0.15, 0.2) is 5.71 Å². The zero-order chi connectivity index (χ0) is 14.8. The van der Waals surface area contributed by atoms with Crippen LogP contribution in [0.2, 0.25) is 0 Å². The van der Waals surface area contributed by atoms with Crippen LogP contribution in [-0.4, -0.2) is 17.3 Å². The number of hydrazone groups is 1. The lowest BCUT2D eigenvalue weighted by Gasteiger charge is -2.10. The van der Waals surface area contributed by atoms with Crippen molar-refractivity contribution in [2.24, 2.45) is 10.1 Å². The zero-order valence-corrected chi connectivity index (χ0v) is 11.3. The molecule has 1 amide bonds. The summed E-state index contributed by atoms with van der Waals surface area (Å²) in [5.74, 6) is -0.629. The Morgan fingerprint density at radius 2 is 1.71 bits per heavy atom. The monoisotopic (exact) mass is 281 g/mol. The topological polar surface area (TPSA) is 45.0 Å². The van der Waals surface area contributed by atoms with Crippen LogP contribution in [0.3, 0.4) is 0 Å². The molecule has 4 nitrogen and oxygen atoms in total. The number of benzene rings is 2. The van der Waals surface area contributed by atoms with Crippen molar-refractivity contribution in [3.05, 3.63) is 60.4 Å². The predicted octanol–water partition coefficient (Wildman–Crippen LogP) is 3.32. The van der Waals surface area contributed by atoms with Gasteiger partial charge in [-0.2, -0.15) is 10.1 Å². The quantitative estimate of drug-likeness (QED) is 0.832. The van der Waals surface area contributed by atoms with Crippen molar-refractivity contribution in [1.29, 1.82) is 0 Å². The summed E-state index contributed by atoms with van der Waals surface area (Å²) in [6, 6.07) is 14.8. The summed E-state index contributed by atoms with van der Waals surface area (Å²) in [5.41, 5.74) is 2.01. The molecule has 1 aliphatic rings. The van der Waals surface area contributed by atoms with E-state index in [0.29, 0.717) is 17.1 Å². The minimum absolute atomic E-state index is 0.269. The van der Waals surface area contributed by atoms with Gasteiger partial charge in [-0.15, -0.1) is 0 Å². The second kappa shape index (κ2) is 5.28. The molecule has 0 saturated heterocycles. The standard InChI is InChI=1S/C16H12FN3O/c1-11-15(18-13-9-7-12(17)8-10-13)16(21)20(19-11)14-5-3-2-4-6-14/h2-10H,1H3. The van der Waals surface area contributed by atoms with Crippen LogP contribution in [0.5, 0.6) is 0 Å². The number of halogens is 1. The van der Waals surface area contributed by atoms with Crippen LogP contribution in [0.4, 0.5) is 15.8 Å². The average molecular weight is 281 g/mol. The van der Waals surface area contributed by atoms with E-state index in [0.717, 1.165) is 0 Å². The molecule has 2 aromatic rings. The molecule has 104 valence electrons. The molecule has 0 spiro atoms. The molecule has 1 heterocycles. The molecule has 5 heteroatoms. The number of hydrogen-bond donors (Lipinski definition) is 0. The van der Waals surface area contributed by atoms with Crippen molar-refractivity contribution >= 4 is 28.7 Å². The van der Waals surface area contributed by atoms with Crippen molar-refractivity contribution in [2.75, 3.05) is 5.01 Å². The van der Waals surface area contributed by atoms with E-state index in [9.17, 15) is 9.18 Å². The van der Waals surface area contributed by atoms with Gasteiger partial charge >= 0.3 is 0 Å². The summed E-state index contributed by atoms with van der Waals surface area (Å²) in [4.78, 5) is 16.7. The predicted molar refractivity (Wildman–Crippen MR) is 80.5 cm³/mol. The third kappa shape index (κ3) is 2.58. The van der Waals surface area contributed by atoms with E-state index < -0.39 is 0 Å². The molecule has 0 atom stereocenters. The van der Waals surface area contributed by atoms with Gasteiger partial charge in [0.2, 0.25) is 0 Å². The Labute approximate surface area is 121 Å². The summed E-state index contributed by atoms with van der Waals surface area (Å²) in [6.45, 7) is 1.73. The number of carbonyl (C=O) groups is 1. The maximum Gasteiger partial charge on any atom is 0.299 e. The first kappa shape index (κ1) is 13.2. The first-order valence-corrected chi connectivity index (χ1v) is 6.44. The van der Waals surface area contributed by atoms with Crippen LogP contribution in [0, 0.1) is 5.82 Å². The maximum absolute atomic E-state index is 12.9. The van der Waals surface area contributed by atoms with E-state index in [-0.39, 0.29) is 17.4 Å². The van der Waals surface area contributed by atoms with E-state index in [2.05, 4.69) is 10.1 Å². The Morgan fingerprint density at radius 3 is 2.38 bits per heavy atom. The van der Waals surface area contributed by atoms with Crippen LogP contribution in [0.25, 0.3) is 0 Å². The highest BCUT2D eigenvalue weighted by molar-refractivity contribution is 6.71. The van der Waals surface area contributed by atoms with E-state index in [1.54, 1.807) is 19.1 Å². The number of aliphatic imine (C=N–C) groups is 1. The molecule has 1 aliphatic heterocycles. The number of carbonyl (C=O) groups excluding carboxylic acids is 1. The van der Waals surface area contributed by atoms with Crippen LogP contribution in [-0.2, 0) is 4.79 Å². The lowest BCUT2D eigenvalue weighted by molar-refractivity contribution is -0.112. The smallest absolute Gasteiger partial charge is 0.265 e. The summed E-state index contributed by atoms with van der Waals surface area (Å²) in [6.07, 6.45) is 0. The molecular formula is C16H12FN3O. The fourth-order valence-electron chi connectivity index (χ4n) is 2.02. The third-order valence-electron chi connectivity index (χ3n) is 3.06. The second-order valence-electron chi connectivity index (χ2n) is 4.57. The minimum Gasteiger partial charge on any atom is -0.265 e. The van der Waals surface area contributed by atoms with Crippen LogP contribution < -0.4 is 5.01 Å². The Balaban J connectivity index is 1.94. The average Bonchev–Trinajstić information content (AvgIpc) is 2.78. The number of rotatable bonds is 2. The molecule has 2 aromatic carbocycles. The fraction of sp³-hybridized carbons (Fsp3) is 0.0625. The molecule has 0 aliphatic carbocycles. The van der Waals surface area contributed by atoms with Gasteiger partial charge in [-0.1, -0.05) is 18.2 Å². The first-order chi connectivity index (χ1) is 10.1. The number of anilines is 1. The van der Waals surface area contributed by atoms with Crippen molar-refractivity contribution in [2.45, 2.75) is 6.92 Å². The summed E-state index contributed by atoms with van der Waals surface area (Å²) in [7, 11) is 0. The Morgan fingerprint density at radius 1 is 1.05 bits per heavy atom. The second-order valence-corrected chi connectivity index (χ2v) is 4.57. The molecule has 0 N–H and O–H groups in total. The molecule has 0 saturated carbocycles. The summed E-state index contributed by atoms with van der Waals surface area (Å²) in [5, 5.41) is 5.55. The van der Waals surface area contributed by atoms with Crippen LogP contribution in [0.1, 0.15) is 6.92 Å². The van der Waals surface area contributed by atoms with Crippen LogP contribution in [0.15, 0.2) is 64.7 Å². The number of hydrogen-bond acceptors (Lipinski definition) is 3. The minimum atomic E-state index is -0.340. The van der Waals surface area contributed by atoms with Gasteiger partial charge in [0.1, 0.15) is 5.82 Å². The molecule has 0 radical (unpaired) electrons. The van der Waals surface area contributed by atoms with Crippen molar-refractivity contribution in [1.82, 2.24) is 0 Å². The Hall–Kier alpha value is -2.82. The zero-order valence-electron chi connectivity index (χ0n) is 11.3. The largest absolute Gasteiger partial charge is 0.299 e. The van der Waals surface area contributed by atoms with Gasteiger partial charge in [-0.05, 0) is 43.3 Å². The van der Waals surface area contributed by atoms with Gasteiger partial charge in [0.25, 0.3) is 5.91 Å². The first-order valence-electron chi connectivity index (χ1n) is 6.44. The van der Waals surface area contributed by atoms with Crippen molar-refractivity contribution < 1.29 is 9.18 Å². The van der Waals surface area contributed by atoms with E-state index in [1.807, 2.05) is 18.2 Å². The summed E-state index contributed by atoms with van der Waals surface area (Å²) >= 11 is 0. The van der Waals surface area contributed by atoms with Gasteiger partial charge in [0.05, 0.1) is 17.1 Å². The van der Waals surface area contributed by atoms with Gasteiger partial charge < -0.3 is 0 Å². The molecule has 21 heavy (non-hydrogen) atoms. The van der Waals surface area contributed by atoms with Crippen molar-refractivity contribution in [3.63, 3.8) is 0 Å². The van der Waals surface area contributed by atoms with Crippen molar-refractivity contribution in [3.8, 4) is 0 Å². The highest BCUT2D eigenvalue weighted by Crippen LogP contribution is 2.21. The Bertz CT molecular complexity index is 736. The molecule has 0 unspecified atom stereocenters. The summed E-state index contributed by atoms with van der Waals surface area (Å²) < 4.78 is 12.9. The molecule has 0 bridgehead atoms. The third-order valence-corrected chi connectivity index (χ3v) is 3.06. The normalized spacial score (nSPS) is 16.5. The van der Waals surface area contributed by atoms with Crippen LogP contribution >= 0.6 is 0 Å². The van der Waals surface area contributed by atoms with E-state index in [1.165, 1.54) is 29.3 Å². The lowest BCUT2D eigenvalue weighted by Crippen LogP contribution is -2.26. The molecule has 0 fully saturated rings. The van der Waals surface area contributed by atoms with Gasteiger partial charge in [-0.25, -0.2) is 9.38 Å². The van der Waals surface area contributed by atoms with E-state index in [4.69, 9.17) is 0 Å².